The van der Waals surface area contributed by atoms with Crippen LogP contribution in [0, 0.1) is 0 Å². The van der Waals surface area contributed by atoms with Gasteiger partial charge in [0.15, 0.2) is 0 Å². The Labute approximate surface area is 184 Å². The van der Waals surface area contributed by atoms with Crippen LogP contribution in [-0.2, 0) is 10.2 Å². The maximum Gasteiger partial charge on any atom is 0.274 e. The minimum absolute atomic E-state index is 0.112. The summed E-state index contributed by atoms with van der Waals surface area (Å²) in [5.74, 6) is 0.808. The lowest BCUT2D eigenvalue weighted by Crippen LogP contribution is -2.37. The van der Waals surface area contributed by atoms with Crippen molar-refractivity contribution in [1.29, 1.82) is 0 Å². The molecule has 1 saturated heterocycles. The molecule has 3 rings (SSSR count). The van der Waals surface area contributed by atoms with Gasteiger partial charge in [0.1, 0.15) is 11.4 Å². The number of ether oxygens (including phenoxy) is 1. The normalized spacial score (nSPS) is 14.8. The molecule has 0 radical (unpaired) electrons. The molecule has 166 valence electrons. The third-order valence-electron chi connectivity index (χ3n) is 5.44. The van der Waals surface area contributed by atoms with Crippen LogP contribution in [0.3, 0.4) is 0 Å². The van der Waals surface area contributed by atoms with E-state index in [4.69, 9.17) is 4.74 Å². The number of hydrogen-bond acceptors (Lipinski definition) is 5. The molecule has 0 unspecified atom stereocenters. The molecule has 7 heteroatoms. The zero-order valence-corrected chi connectivity index (χ0v) is 18.7. The van der Waals surface area contributed by atoms with Crippen LogP contribution in [0.15, 0.2) is 42.9 Å². The van der Waals surface area contributed by atoms with Crippen molar-refractivity contribution in [2.45, 2.75) is 45.4 Å². The fourth-order valence-corrected chi connectivity index (χ4v) is 3.56. The summed E-state index contributed by atoms with van der Waals surface area (Å²) in [6, 6.07) is 8.15. The molecule has 31 heavy (non-hydrogen) atoms. The van der Waals surface area contributed by atoms with E-state index in [1.807, 2.05) is 17.0 Å². The quantitative estimate of drug-likeness (QED) is 0.665. The Bertz CT molecular complexity index is 863. The van der Waals surface area contributed by atoms with E-state index >= 15 is 0 Å². The molecule has 0 aliphatic carbocycles. The lowest BCUT2D eigenvalue weighted by atomic mass is 9.87. The lowest BCUT2D eigenvalue weighted by Gasteiger charge is -2.22. The summed E-state index contributed by atoms with van der Waals surface area (Å²) in [4.78, 5) is 36.8. The average molecular weight is 425 g/mol. The number of rotatable bonds is 6. The van der Waals surface area contributed by atoms with Crippen molar-refractivity contribution < 1.29 is 14.3 Å². The average Bonchev–Trinajstić information content (AvgIpc) is 3.03. The smallest absolute Gasteiger partial charge is 0.274 e. The largest absolute Gasteiger partial charge is 0.494 e. The van der Waals surface area contributed by atoms with Gasteiger partial charge < -0.3 is 14.5 Å². The second kappa shape index (κ2) is 10.4. The van der Waals surface area contributed by atoms with E-state index in [9.17, 15) is 9.59 Å². The van der Waals surface area contributed by atoms with E-state index in [1.165, 1.54) is 18.0 Å². The Morgan fingerprint density at radius 1 is 1.00 bits per heavy atom. The molecule has 0 N–H and O–H groups in total. The van der Waals surface area contributed by atoms with Crippen molar-refractivity contribution in [1.82, 2.24) is 19.8 Å². The molecule has 2 amide bonds. The van der Waals surface area contributed by atoms with Crippen molar-refractivity contribution >= 4 is 11.8 Å². The lowest BCUT2D eigenvalue weighted by molar-refractivity contribution is -0.131. The van der Waals surface area contributed by atoms with Gasteiger partial charge in [-0.2, -0.15) is 0 Å². The van der Waals surface area contributed by atoms with Crippen LogP contribution < -0.4 is 4.74 Å². The first-order chi connectivity index (χ1) is 14.8. The van der Waals surface area contributed by atoms with Crippen LogP contribution >= 0.6 is 0 Å². The first-order valence-electron chi connectivity index (χ1n) is 10.9. The predicted molar refractivity (Wildman–Crippen MR) is 119 cm³/mol. The Morgan fingerprint density at radius 3 is 2.39 bits per heavy atom. The molecule has 1 fully saturated rings. The summed E-state index contributed by atoms with van der Waals surface area (Å²) in [5.41, 5.74) is 1.73. The summed E-state index contributed by atoms with van der Waals surface area (Å²) < 4.78 is 5.80. The Kier molecular flexibility index (Phi) is 7.60. The fourth-order valence-electron chi connectivity index (χ4n) is 3.56. The Hall–Kier alpha value is -2.96. The summed E-state index contributed by atoms with van der Waals surface area (Å²) in [7, 11) is 0. The van der Waals surface area contributed by atoms with Crippen molar-refractivity contribution in [3.8, 4) is 5.75 Å². The van der Waals surface area contributed by atoms with Gasteiger partial charge in [-0.25, -0.2) is 4.98 Å². The van der Waals surface area contributed by atoms with Gasteiger partial charge in [-0.15, -0.1) is 0 Å². The highest BCUT2D eigenvalue weighted by Crippen LogP contribution is 2.24. The molecule has 1 aliphatic rings. The molecular weight excluding hydrogens is 392 g/mol. The predicted octanol–water partition coefficient (Wildman–Crippen LogP) is 3.31. The summed E-state index contributed by atoms with van der Waals surface area (Å²) in [5, 5.41) is 0. The first kappa shape index (κ1) is 22.7. The zero-order chi connectivity index (χ0) is 22.3. The topological polar surface area (TPSA) is 75.6 Å². The molecule has 1 aromatic heterocycles. The van der Waals surface area contributed by atoms with Crippen molar-refractivity contribution in [2.24, 2.45) is 0 Å². The SMILES string of the molecule is CC(C)(C)c1ccc(OCCCC(=O)N2CCCN(C(=O)c3cnccn3)CC2)cc1. The highest BCUT2D eigenvalue weighted by atomic mass is 16.5. The van der Waals surface area contributed by atoms with Crippen molar-refractivity contribution in [3.05, 3.63) is 54.1 Å². The maximum atomic E-state index is 12.6. The van der Waals surface area contributed by atoms with E-state index < -0.39 is 0 Å². The molecular formula is C24H32N4O3. The van der Waals surface area contributed by atoms with Crippen LogP contribution in [-0.4, -0.2) is 64.4 Å². The van der Waals surface area contributed by atoms with Crippen LogP contribution in [0.1, 0.15) is 56.1 Å². The third-order valence-corrected chi connectivity index (χ3v) is 5.44. The van der Waals surface area contributed by atoms with Crippen molar-refractivity contribution in [3.63, 3.8) is 0 Å². The van der Waals surface area contributed by atoms with Crippen LogP contribution in [0.25, 0.3) is 0 Å². The second-order valence-electron chi connectivity index (χ2n) is 8.84. The number of hydrogen-bond donors (Lipinski definition) is 0. The maximum absolute atomic E-state index is 12.6. The molecule has 2 aromatic rings. The van der Waals surface area contributed by atoms with Crippen LogP contribution in [0.2, 0.25) is 0 Å². The minimum Gasteiger partial charge on any atom is -0.494 e. The molecule has 0 bridgehead atoms. The van der Waals surface area contributed by atoms with E-state index in [0.29, 0.717) is 51.3 Å². The third kappa shape index (κ3) is 6.51. The Balaban J connectivity index is 1.40. The van der Waals surface area contributed by atoms with Gasteiger partial charge in [-0.3, -0.25) is 14.6 Å². The molecule has 1 aliphatic heterocycles. The van der Waals surface area contributed by atoms with Crippen molar-refractivity contribution in [2.75, 3.05) is 32.8 Å². The van der Waals surface area contributed by atoms with E-state index in [1.54, 1.807) is 11.1 Å². The zero-order valence-electron chi connectivity index (χ0n) is 18.7. The number of carbonyl (C=O) groups is 2. The van der Waals surface area contributed by atoms with E-state index in [2.05, 4.69) is 42.9 Å². The highest BCUT2D eigenvalue weighted by Gasteiger charge is 2.23. The molecule has 2 heterocycles. The number of nitrogens with zero attached hydrogens (tertiary/aromatic N) is 4. The number of benzene rings is 1. The molecule has 0 spiro atoms. The van der Waals surface area contributed by atoms with Gasteiger partial charge in [0.05, 0.1) is 12.8 Å². The molecule has 1 aromatic carbocycles. The standard InChI is InChI=1S/C24H32N4O3/c1-24(2,3)19-7-9-20(10-8-19)31-17-4-6-22(29)27-13-5-14-28(16-15-27)23(30)21-18-25-11-12-26-21/h7-12,18H,4-6,13-17H2,1-3H3. The number of carbonyl (C=O) groups excluding carboxylic acids is 2. The van der Waals surface area contributed by atoms with Gasteiger partial charge in [-0.05, 0) is 36.0 Å². The number of amides is 2. The summed E-state index contributed by atoms with van der Waals surface area (Å²) >= 11 is 0. The van der Waals surface area contributed by atoms with E-state index in [-0.39, 0.29) is 17.2 Å². The first-order valence-corrected chi connectivity index (χ1v) is 10.9. The highest BCUT2D eigenvalue weighted by molar-refractivity contribution is 5.92. The van der Waals surface area contributed by atoms with Gasteiger partial charge in [-0.1, -0.05) is 32.9 Å². The molecule has 0 saturated carbocycles. The minimum atomic E-state index is -0.131. The van der Waals surface area contributed by atoms with Crippen LogP contribution in [0.4, 0.5) is 0 Å². The second-order valence-corrected chi connectivity index (χ2v) is 8.84. The van der Waals surface area contributed by atoms with Gasteiger partial charge in [0.25, 0.3) is 5.91 Å². The van der Waals surface area contributed by atoms with E-state index in [0.717, 1.165) is 12.2 Å². The summed E-state index contributed by atoms with van der Waals surface area (Å²) in [6.07, 6.45) is 6.41. The fraction of sp³-hybridized carbons (Fsp3) is 0.500. The summed E-state index contributed by atoms with van der Waals surface area (Å²) in [6.45, 7) is 9.39. The molecule has 0 atom stereocenters. The van der Waals surface area contributed by atoms with Gasteiger partial charge in [0, 0.05) is 45.0 Å². The Morgan fingerprint density at radius 2 is 1.71 bits per heavy atom. The van der Waals surface area contributed by atoms with Gasteiger partial charge in [0.2, 0.25) is 5.91 Å². The number of aromatic nitrogens is 2. The monoisotopic (exact) mass is 424 g/mol. The van der Waals surface area contributed by atoms with Crippen LogP contribution in [0.5, 0.6) is 5.75 Å². The van der Waals surface area contributed by atoms with Gasteiger partial charge >= 0.3 is 0 Å². The molecule has 7 nitrogen and oxygen atoms in total.